The van der Waals surface area contributed by atoms with Crippen molar-refractivity contribution in [1.29, 1.82) is 0 Å². The summed E-state index contributed by atoms with van der Waals surface area (Å²) in [5.41, 5.74) is 3.72. The molecule has 5 rings (SSSR count). The molecule has 6 atom stereocenters. The molecule has 0 N–H and O–H groups in total. The minimum atomic E-state index is 0.160. The largest absolute Gasteiger partial charge is 0.294 e. The summed E-state index contributed by atoms with van der Waals surface area (Å²) in [6.07, 6.45) is 11.9. The Morgan fingerprint density at radius 1 is 1.16 bits per heavy atom. The highest BCUT2D eigenvalue weighted by Crippen LogP contribution is 2.59. The second-order valence-corrected chi connectivity index (χ2v) is 9.67. The smallest absolute Gasteiger partial charge is 0.167 e. The summed E-state index contributed by atoms with van der Waals surface area (Å²) in [7, 11) is 0. The first kappa shape index (κ1) is 16.0. The van der Waals surface area contributed by atoms with Crippen LogP contribution in [0, 0.1) is 23.7 Å². The molecular weight excluding hydrogens is 306 g/mol. The summed E-state index contributed by atoms with van der Waals surface area (Å²) in [4.78, 5) is 17.9. The Morgan fingerprint density at radius 2 is 2.00 bits per heavy atom. The highest BCUT2D eigenvalue weighted by molar-refractivity contribution is 5.99. The van der Waals surface area contributed by atoms with Gasteiger partial charge in [0, 0.05) is 28.5 Å². The Morgan fingerprint density at radius 3 is 2.84 bits per heavy atom. The standard InChI is InChI=1S/C23H31NO/c1-3-16-9-14(2)22(25)19-6-7-20(24-21(16)19)23-8-4-5-17-10-15(12-23)11-18(17)13-23/h6-7,14-18H,3-5,8-13H2,1-2H3. The lowest BCUT2D eigenvalue weighted by atomic mass is 9.65. The van der Waals surface area contributed by atoms with E-state index in [1.54, 1.807) is 0 Å². The van der Waals surface area contributed by atoms with Gasteiger partial charge in [-0.1, -0.05) is 26.7 Å². The van der Waals surface area contributed by atoms with Crippen molar-refractivity contribution in [2.24, 2.45) is 23.7 Å². The fourth-order valence-electron chi connectivity index (χ4n) is 7.05. The van der Waals surface area contributed by atoms with Gasteiger partial charge >= 0.3 is 0 Å². The van der Waals surface area contributed by atoms with Crippen LogP contribution >= 0.6 is 0 Å². The van der Waals surface area contributed by atoms with Crippen molar-refractivity contribution in [3.8, 4) is 0 Å². The van der Waals surface area contributed by atoms with E-state index in [2.05, 4.69) is 26.0 Å². The van der Waals surface area contributed by atoms with Crippen LogP contribution in [0.15, 0.2) is 12.1 Å². The first-order chi connectivity index (χ1) is 12.1. The summed E-state index contributed by atoms with van der Waals surface area (Å²) in [5, 5.41) is 0. The summed E-state index contributed by atoms with van der Waals surface area (Å²) in [5.74, 6) is 3.83. The van der Waals surface area contributed by atoms with E-state index in [-0.39, 0.29) is 5.92 Å². The maximum Gasteiger partial charge on any atom is 0.167 e. The molecule has 4 aliphatic rings. The second kappa shape index (κ2) is 5.66. The van der Waals surface area contributed by atoms with Gasteiger partial charge in [-0.25, -0.2) is 0 Å². The first-order valence-corrected chi connectivity index (χ1v) is 10.7. The summed E-state index contributed by atoms with van der Waals surface area (Å²) in [6.45, 7) is 4.34. The van der Waals surface area contributed by atoms with E-state index >= 15 is 0 Å². The highest BCUT2D eigenvalue weighted by atomic mass is 16.1. The molecule has 2 heteroatoms. The van der Waals surface area contributed by atoms with Gasteiger partial charge < -0.3 is 0 Å². The number of hydrogen-bond acceptors (Lipinski definition) is 2. The Hall–Kier alpha value is -1.18. The summed E-state index contributed by atoms with van der Waals surface area (Å²) < 4.78 is 0. The number of rotatable bonds is 2. The summed E-state index contributed by atoms with van der Waals surface area (Å²) in [6, 6.07) is 4.39. The molecule has 1 heterocycles. The molecule has 3 saturated carbocycles. The van der Waals surface area contributed by atoms with E-state index in [1.807, 2.05) is 0 Å². The van der Waals surface area contributed by atoms with E-state index in [0.717, 1.165) is 41.9 Å². The summed E-state index contributed by atoms with van der Waals surface area (Å²) >= 11 is 0. The molecule has 3 bridgehead atoms. The molecule has 2 nitrogen and oxygen atoms in total. The van der Waals surface area contributed by atoms with E-state index < -0.39 is 0 Å². The van der Waals surface area contributed by atoms with Crippen LogP contribution in [0.2, 0.25) is 0 Å². The van der Waals surface area contributed by atoms with Crippen LogP contribution in [0.25, 0.3) is 0 Å². The number of fused-ring (bicyclic) bond motifs is 3. The number of nitrogens with zero attached hydrogens (tertiary/aromatic N) is 1. The molecule has 1 aromatic rings. The van der Waals surface area contributed by atoms with E-state index in [0.29, 0.717) is 17.1 Å². The van der Waals surface area contributed by atoms with Gasteiger partial charge in [0.2, 0.25) is 0 Å². The van der Waals surface area contributed by atoms with Crippen molar-refractivity contribution >= 4 is 5.78 Å². The van der Waals surface area contributed by atoms with Gasteiger partial charge in [-0.2, -0.15) is 0 Å². The lowest BCUT2D eigenvalue weighted by molar-refractivity contribution is 0.0901. The molecule has 0 amide bonds. The number of hydrogen-bond donors (Lipinski definition) is 0. The lowest BCUT2D eigenvalue weighted by Crippen LogP contribution is -2.35. The molecule has 0 radical (unpaired) electrons. The zero-order valence-corrected chi connectivity index (χ0v) is 15.8. The fourth-order valence-corrected chi connectivity index (χ4v) is 7.05. The van der Waals surface area contributed by atoms with Crippen LogP contribution in [0.1, 0.15) is 99.3 Å². The van der Waals surface area contributed by atoms with Gasteiger partial charge in [0.05, 0.1) is 5.69 Å². The van der Waals surface area contributed by atoms with Crippen LogP contribution in [0.4, 0.5) is 0 Å². The van der Waals surface area contributed by atoms with Gasteiger partial charge in [0.25, 0.3) is 0 Å². The molecule has 0 aliphatic heterocycles. The number of Topliss-reactive ketones (excluding diaryl/α,β-unsaturated/α-hetero) is 1. The first-order valence-electron chi connectivity index (χ1n) is 10.7. The lowest BCUT2D eigenvalue weighted by Gasteiger charge is -2.40. The van der Waals surface area contributed by atoms with Crippen LogP contribution in [0.3, 0.4) is 0 Å². The van der Waals surface area contributed by atoms with Crippen molar-refractivity contribution in [3.63, 3.8) is 0 Å². The van der Waals surface area contributed by atoms with Crippen molar-refractivity contribution < 1.29 is 4.79 Å². The van der Waals surface area contributed by atoms with Crippen molar-refractivity contribution in [2.75, 3.05) is 0 Å². The molecule has 4 aliphatic carbocycles. The Bertz CT molecular complexity index is 710. The Kier molecular flexibility index (Phi) is 3.63. The highest BCUT2D eigenvalue weighted by Gasteiger charge is 2.51. The third-order valence-electron chi connectivity index (χ3n) is 8.20. The SMILES string of the molecule is CCC1CC(C)C(=O)c2ccc(C34CCCC5CC(CC5C3)C4)nc21. The number of aromatic nitrogens is 1. The van der Waals surface area contributed by atoms with Gasteiger partial charge in [-0.3, -0.25) is 9.78 Å². The Labute approximate surface area is 151 Å². The van der Waals surface area contributed by atoms with Crippen molar-refractivity contribution in [1.82, 2.24) is 4.98 Å². The van der Waals surface area contributed by atoms with Gasteiger partial charge in [-0.15, -0.1) is 0 Å². The molecule has 0 saturated heterocycles. The molecular formula is C23H31NO. The molecule has 0 spiro atoms. The third kappa shape index (κ3) is 2.35. The zero-order valence-electron chi connectivity index (χ0n) is 15.8. The Balaban J connectivity index is 1.58. The molecule has 6 unspecified atom stereocenters. The predicted octanol–water partition coefficient (Wildman–Crippen LogP) is 5.66. The monoisotopic (exact) mass is 337 g/mol. The molecule has 0 aromatic carbocycles. The molecule has 1 aromatic heterocycles. The maximum atomic E-state index is 12.7. The number of ketones is 1. The topological polar surface area (TPSA) is 30.0 Å². The van der Waals surface area contributed by atoms with Crippen LogP contribution in [-0.2, 0) is 5.41 Å². The van der Waals surface area contributed by atoms with Gasteiger partial charge in [-0.05, 0) is 74.8 Å². The third-order valence-corrected chi connectivity index (χ3v) is 8.20. The van der Waals surface area contributed by atoms with Crippen LogP contribution < -0.4 is 0 Å². The number of carbonyl (C=O) groups excluding carboxylic acids is 1. The van der Waals surface area contributed by atoms with E-state index in [4.69, 9.17) is 4.98 Å². The predicted molar refractivity (Wildman–Crippen MR) is 99.8 cm³/mol. The van der Waals surface area contributed by atoms with Crippen LogP contribution in [0.5, 0.6) is 0 Å². The van der Waals surface area contributed by atoms with Crippen molar-refractivity contribution in [3.05, 3.63) is 29.1 Å². The van der Waals surface area contributed by atoms with Gasteiger partial charge in [0.1, 0.15) is 0 Å². The molecule has 3 fully saturated rings. The van der Waals surface area contributed by atoms with Crippen molar-refractivity contribution in [2.45, 2.75) is 83.0 Å². The van der Waals surface area contributed by atoms with Crippen LogP contribution in [-0.4, -0.2) is 10.8 Å². The minimum Gasteiger partial charge on any atom is -0.294 e. The average Bonchev–Trinajstić information content (AvgIpc) is 2.83. The zero-order chi connectivity index (χ0) is 17.2. The maximum absolute atomic E-state index is 12.7. The molecule has 25 heavy (non-hydrogen) atoms. The van der Waals surface area contributed by atoms with E-state index in [1.165, 1.54) is 50.6 Å². The van der Waals surface area contributed by atoms with E-state index in [9.17, 15) is 4.79 Å². The normalized spacial score (nSPS) is 42.3. The van der Waals surface area contributed by atoms with Gasteiger partial charge in [0.15, 0.2) is 5.78 Å². The minimum absolute atomic E-state index is 0.160. The number of pyridine rings is 1. The average molecular weight is 338 g/mol. The molecule has 134 valence electrons. The quantitative estimate of drug-likeness (QED) is 0.697. The fraction of sp³-hybridized carbons (Fsp3) is 0.739. The second-order valence-electron chi connectivity index (χ2n) is 9.67. The number of carbonyl (C=O) groups is 1.